The van der Waals surface area contributed by atoms with Gasteiger partial charge in [0.05, 0.1) is 4.90 Å². The van der Waals surface area contributed by atoms with E-state index in [4.69, 9.17) is 0 Å². The third kappa shape index (κ3) is 3.19. The number of sulfonamides is 1. The molecule has 0 unspecified atom stereocenters. The van der Waals surface area contributed by atoms with Crippen LogP contribution in [-0.2, 0) is 10.0 Å². The van der Waals surface area contributed by atoms with E-state index in [2.05, 4.69) is 5.32 Å². The molecule has 1 amide bonds. The Bertz CT molecular complexity index is 607. The molecule has 0 heterocycles. The van der Waals surface area contributed by atoms with Crippen LogP contribution in [0.25, 0.3) is 0 Å². The number of carbonyl (C=O) groups is 1. The zero-order valence-corrected chi connectivity index (χ0v) is 12.8. The predicted molar refractivity (Wildman–Crippen MR) is 77.0 cm³/mol. The van der Waals surface area contributed by atoms with Crippen LogP contribution in [0.5, 0.6) is 0 Å². The van der Waals surface area contributed by atoms with Gasteiger partial charge in [-0.05, 0) is 43.9 Å². The lowest BCUT2D eigenvalue weighted by Gasteiger charge is -2.14. The summed E-state index contributed by atoms with van der Waals surface area (Å²) in [6.07, 6.45) is 2.30. The van der Waals surface area contributed by atoms with Gasteiger partial charge in [-0.15, -0.1) is 0 Å². The molecule has 0 saturated heterocycles. The molecule has 1 N–H and O–H groups in total. The highest BCUT2D eigenvalue weighted by Gasteiger charge is 2.29. The Balaban J connectivity index is 2.19. The van der Waals surface area contributed by atoms with Crippen LogP contribution < -0.4 is 5.32 Å². The largest absolute Gasteiger partial charge is 0.349 e. The number of nitrogens with one attached hydrogen (secondary N) is 1. The summed E-state index contributed by atoms with van der Waals surface area (Å²) in [5.74, 6) is 0.341. The Kier molecular flexibility index (Phi) is 4.15. The van der Waals surface area contributed by atoms with Crippen LogP contribution in [0.15, 0.2) is 29.2 Å². The van der Waals surface area contributed by atoms with Gasteiger partial charge in [0.25, 0.3) is 5.91 Å². The average molecular weight is 296 g/mol. The topological polar surface area (TPSA) is 66.5 Å². The van der Waals surface area contributed by atoms with Gasteiger partial charge in [-0.3, -0.25) is 4.79 Å². The summed E-state index contributed by atoms with van der Waals surface area (Å²) in [6, 6.07) is 6.27. The van der Waals surface area contributed by atoms with Gasteiger partial charge in [0, 0.05) is 25.7 Å². The summed E-state index contributed by atoms with van der Waals surface area (Å²) in [4.78, 5) is 12.3. The molecule has 1 aliphatic carbocycles. The molecule has 1 aliphatic rings. The fraction of sp³-hybridized carbons (Fsp3) is 0.500. The van der Waals surface area contributed by atoms with Crippen molar-refractivity contribution in [1.82, 2.24) is 9.62 Å². The van der Waals surface area contributed by atoms with Crippen molar-refractivity contribution in [2.24, 2.45) is 5.92 Å². The van der Waals surface area contributed by atoms with Crippen LogP contribution in [-0.4, -0.2) is 38.8 Å². The van der Waals surface area contributed by atoms with Crippen molar-refractivity contribution in [3.63, 3.8) is 0 Å². The number of rotatable bonds is 5. The van der Waals surface area contributed by atoms with Crippen molar-refractivity contribution in [3.8, 4) is 0 Å². The Morgan fingerprint density at radius 1 is 1.35 bits per heavy atom. The van der Waals surface area contributed by atoms with Gasteiger partial charge in [0.1, 0.15) is 0 Å². The molecule has 20 heavy (non-hydrogen) atoms. The smallest absolute Gasteiger partial charge is 0.251 e. The lowest BCUT2D eigenvalue weighted by Crippen LogP contribution is -2.34. The molecule has 1 saturated carbocycles. The van der Waals surface area contributed by atoms with Crippen LogP contribution >= 0.6 is 0 Å². The van der Waals surface area contributed by atoms with Gasteiger partial charge in [-0.1, -0.05) is 6.07 Å². The molecule has 0 spiro atoms. The van der Waals surface area contributed by atoms with Crippen molar-refractivity contribution >= 4 is 15.9 Å². The summed E-state index contributed by atoms with van der Waals surface area (Å²) in [6.45, 7) is 1.98. The molecule has 1 aromatic carbocycles. The van der Waals surface area contributed by atoms with Crippen LogP contribution in [0.1, 0.15) is 30.1 Å². The van der Waals surface area contributed by atoms with E-state index in [0.29, 0.717) is 11.5 Å². The van der Waals surface area contributed by atoms with Gasteiger partial charge in [0.15, 0.2) is 0 Å². The molecule has 0 aliphatic heterocycles. The van der Waals surface area contributed by atoms with E-state index in [9.17, 15) is 13.2 Å². The highest BCUT2D eigenvalue weighted by atomic mass is 32.2. The van der Waals surface area contributed by atoms with Crippen LogP contribution in [0.4, 0.5) is 0 Å². The Morgan fingerprint density at radius 2 is 2.00 bits per heavy atom. The minimum Gasteiger partial charge on any atom is -0.349 e. The summed E-state index contributed by atoms with van der Waals surface area (Å²) < 4.78 is 25.2. The molecular weight excluding hydrogens is 276 g/mol. The van der Waals surface area contributed by atoms with E-state index < -0.39 is 10.0 Å². The molecule has 2 rings (SSSR count). The fourth-order valence-corrected chi connectivity index (χ4v) is 2.96. The average Bonchev–Trinajstić information content (AvgIpc) is 3.22. The lowest BCUT2D eigenvalue weighted by atomic mass is 10.1. The van der Waals surface area contributed by atoms with Crippen molar-refractivity contribution in [2.45, 2.75) is 30.7 Å². The maximum absolute atomic E-state index is 12.1. The summed E-state index contributed by atoms with van der Waals surface area (Å²) >= 11 is 0. The second-order valence-electron chi connectivity index (χ2n) is 5.41. The van der Waals surface area contributed by atoms with Crippen LogP contribution in [0.3, 0.4) is 0 Å². The van der Waals surface area contributed by atoms with Crippen molar-refractivity contribution < 1.29 is 13.2 Å². The molecule has 1 fully saturated rings. The van der Waals surface area contributed by atoms with Gasteiger partial charge in [0.2, 0.25) is 10.0 Å². The number of carbonyl (C=O) groups excluding carboxylic acids is 1. The van der Waals surface area contributed by atoms with E-state index in [1.54, 1.807) is 12.1 Å². The molecule has 5 nitrogen and oxygen atoms in total. The zero-order valence-electron chi connectivity index (χ0n) is 12.0. The third-order valence-electron chi connectivity index (χ3n) is 3.56. The highest BCUT2D eigenvalue weighted by Crippen LogP contribution is 2.32. The predicted octanol–water partition coefficient (Wildman–Crippen LogP) is 1.47. The summed E-state index contributed by atoms with van der Waals surface area (Å²) in [5, 5.41) is 2.92. The molecular formula is C14H20N2O3S. The Labute approximate surface area is 120 Å². The van der Waals surface area contributed by atoms with Gasteiger partial charge >= 0.3 is 0 Å². The van der Waals surface area contributed by atoms with E-state index >= 15 is 0 Å². The van der Waals surface area contributed by atoms with Gasteiger partial charge < -0.3 is 5.32 Å². The number of hydrogen-bond donors (Lipinski definition) is 1. The Morgan fingerprint density at radius 3 is 2.55 bits per heavy atom. The molecule has 0 radical (unpaired) electrons. The van der Waals surface area contributed by atoms with Crippen LogP contribution in [0.2, 0.25) is 0 Å². The molecule has 0 aromatic heterocycles. The first kappa shape index (κ1) is 15.0. The van der Waals surface area contributed by atoms with Crippen molar-refractivity contribution in [3.05, 3.63) is 29.8 Å². The first-order valence-electron chi connectivity index (χ1n) is 6.66. The first-order chi connectivity index (χ1) is 9.32. The van der Waals surface area contributed by atoms with Gasteiger partial charge in [-0.25, -0.2) is 12.7 Å². The maximum atomic E-state index is 12.1. The second kappa shape index (κ2) is 5.54. The highest BCUT2D eigenvalue weighted by molar-refractivity contribution is 7.89. The molecule has 110 valence electrons. The third-order valence-corrected chi connectivity index (χ3v) is 5.37. The summed E-state index contributed by atoms with van der Waals surface area (Å²) in [5.41, 5.74) is 0.375. The standard InChI is InChI=1S/C14H20N2O3S/c1-10(11-7-8-11)15-14(17)12-5-4-6-13(9-12)20(18,19)16(2)3/h4-6,9-11H,7-8H2,1-3H3,(H,15,17)/t10-/m0/s1. The molecule has 1 aromatic rings. The number of hydrogen-bond acceptors (Lipinski definition) is 3. The normalized spacial score (nSPS) is 17.0. The minimum atomic E-state index is -3.51. The monoisotopic (exact) mass is 296 g/mol. The van der Waals surface area contributed by atoms with E-state index in [-0.39, 0.29) is 16.8 Å². The molecule has 1 atom stereocenters. The van der Waals surface area contributed by atoms with Crippen molar-refractivity contribution in [2.75, 3.05) is 14.1 Å². The number of benzene rings is 1. The van der Waals surface area contributed by atoms with E-state index in [0.717, 1.165) is 17.1 Å². The van der Waals surface area contributed by atoms with E-state index in [1.807, 2.05) is 6.92 Å². The number of amides is 1. The van der Waals surface area contributed by atoms with E-state index in [1.165, 1.54) is 26.2 Å². The molecule has 6 heteroatoms. The SMILES string of the molecule is C[C@H](NC(=O)c1cccc(S(=O)(=O)N(C)C)c1)C1CC1. The maximum Gasteiger partial charge on any atom is 0.251 e. The molecule has 0 bridgehead atoms. The minimum absolute atomic E-state index is 0.134. The van der Waals surface area contributed by atoms with Crippen molar-refractivity contribution in [1.29, 1.82) is 0 Å². The fourth-order valence-electron chi connectivity index (χ4n) is 2.01. The van der Waals surface area contributed by atoms with Gasteiger partial charge in [-0.2, -0.15) is 0 Å². The first-order valence-corrected chi connectivity index (χ1v) is 8.10. The summed E-state index contributed by atoms with van der Waals surface area (Å²) in [7, 11) is -0.573. The quantitative estimate of drug-likeness (QED) is 0.894. The zero-order chi connectivity index (χ0) is 14.9. The van der Waals surface area contributed by atoms with Crippen LogP contribution in [0, 0.1) is 5.92 Å². The number of nitrogens with zero attached hydrogens (tertiary/aromatic N) is 1. The lowest BCUT2D eigenvalue weighted by molar-refractivity contribution is 0.0935. The second-order valence-corrected chi connectivity index (χ2v) is 7.57. The Hall–Kier alpha value is -1.40.